The summed E-state index contributed by atoms with van der Waals surface area (Å²) in [6.45, 7) is 1.63. The van der Waals surface area contributed by atoms with Gasteiger partial charge in [-0.3, -0.25) is 4.79 Å². The second-order valence-corrected chi connectivity index (χ2v) is 6.52. The highest BCUT2D eigenvalue weighted by Gasteiger charge is 2.44. The Labute approximate surface area is 136 Å². The summed E-state index contributed by atoms with van der Waals surface area (Å²) in [5.41, 5.74) is 0. The van der Waals surface area contributed by atoms with Crippen molar-refractivity contribution in [2.24, 2.45) is 5.92 Å². The van der Waals surface area contributed by atoms with E-state index in [1.165, 1.54) is 7.11 Å². The molecule has 1 heterocycles. The zero-order valence-electron chi connectivity index (χ0n) is 13.8. The highest BCUT2D eigenvalue weighted by atomic mass is 16.7. The third-order valence-corrected chi connectivity index (χ3v) is 4.90. The molecule has 1 saturated heterocycles. The quantitative estimate of drug-likeness (QED) is 0.624. The van der Waals surface area contributed by atoms with E-state index in [2.05, 4.69) is 4.74 Å². The maximum absolute atomic E-state index is 11.3. The van der Waals surface area contributed by atoms with Gasteiger partial charge in [0.2, 0.25) is 0 Å². The minimum absolute atomic E-state index is 0.136. The van der Waals surface area contributed by atoms with E-state index in [4.69, 9.17) is 9.47 Å². The molecule has 0 spiro atoms. The number of aliphatic hydroxyl groups is 3. The van der Waals surface area contributed by atoms with E-state index in [0.717, 1.165) is 25.7 Å². The lowest BCUT2D eigenvalue weighted by atomic mass is 9.83. The molecule has 0 amide bonds. The Morgan fingerprint density at radius 2 is 1.83 bits per heavy atom. The van der Waals surface area contributed by atoms with Crippen molar-refractivity contribution in [2.75, 3.05) is 7.11 Å². The van der Waals surface area contributed by atoms with E-state index in [9.17, 15) is 20.1 Å². The number of hydrogen-bond donors (Lipinski definition) is 3. The van der Waals surface area contributed by atoms with Crippen LogP contribution in [-0.4, -0.2) is 65.2 Å². The van der Waals surface area contributed by atoms with Crippen molar-refractivity contribution in [3.05, 3.63) is 0 Å². The fourth-order valence-corrected chi connectivity index (χ4v) is 3.39. The molecule has 2 aliphatic rings. The Morgan fingerprint density at radius 3 is 2.52 bits per heavy atom. The Balaban J connectivity index is 1.94. The van der Waals surface area contributed by atoms with Crippen LogP contribution in [0.4, 0.5) is 0 Å². The number of methoxy groups -OCH3 is 1. The summed E-state index contributed by atoms with van der Waals surface area (Å²) < 4.78 is 16.1. The number of esters is 1. The zero-order valence-corrected chi connectivity index (χ0v) is 13.8. The van der Waals surface area contributed by atoms with Crippen molar-refractivity contribution in [3.63, 3.8) is 0 Å². The molecule has 134 valence electrons. The third-order valence-electron chi connectivity index (χ3n) is 4.90. The van der Waals surface area contributed by atoms with E-state index in [-0.39, 0.29) is 18.0 Å². The summed E-state index contributed by atoms with van der Waals surface area (Å²) in [5, 5.41) is 29.7. The van der Waals surface area contributed by atoms with Crippen LogP contribution in [0.15, 0.2) is 0 Å². The Hall–Kier alpha value is -0.730. The average molecular weight is 332 g/mol. The van der Waals surface area contributed by atoms with E-state index in [1.807, 2.05) is 0 Å². The van der Waals surface area contributed by atoms with Gasteiger partial charge in [0.05, 0.1) is 19.3 Å². The SMILES string of the molecule is COC(=O)CC[C@H]1CCCC[C@H]1O[C@@H]1O[C@H](C)[C@H](O)[C@H](O)[C@H]1O. The minimum Gasteiger partial charge on any atom is -0.469 e. The predicted octanol–water partition coefficient (Wildman–Crippen LogP) is 0.342. The second-order valence-electron chi connectivity index (χ2n) is 6.52. The maximum Gasteiger partial charge on any atom is 0.305 e. The first-order valence-corrected chi connectivity index (χ1v) is 8.36. The van der Waals surface area contributed by atoms with Crippen LogP contribution < -0.4 is 0 Å². The molecule has 0 unspecified atom stereocenters. The molecule has 0 bridgehead atoms. The zero-order chi connectivity index (χ0) is 17.0. The van der Waals surface area contributed by atoms with Gasteiger partial charge in [-0.2, -0.15) is 0 Å². The molecule has 0 aromatic carbocycles. The lowest BCUT2D eigenvalue weighted by molar-refractivity contribution is -0.309. The minimum atomic E-state index is -1.29. The van der Waals surface area contributed by atoms with Gasteiger partial charge in [-0.15, -0.1) is 0 Å². The highest BCUT2D eigenvalue weighted by Crippen LogP contribution is 2.33. The summed E-state index contributed by atoms with van der Waals surface area (Å²) in [5.74, 6) is -0.0478. The van der Waals surface area contributed by atoms with Crippen LogP contribution >= 0.6 is 0 Å². The Morgan fingerprint density at radius 1 is 1.13 bits per heavy atom. The molecule has 0 aromatic heterocycles. The monoisotopic (exact) mass is 332 g/mol. The molecule has 3 N–H and O–H groups in total. The molecule has 2 fully saturated rings. The summed E-state index contributed by atoms with van der Waals surface area (Å²) >= 11 is 0. The number of hydrogen-bond acceptors (Lipinski definition) is 7. The molecule has 2 rings (SSSR count). The van der Waals surface area contributed by atoms with Crippen molar-refractivity contribution in [3.8, 4) is 0 Å². The fourth-order valence-electron chi connectivity index (χ4n) is 3.39. The van der Waals surface area contributed by atoms with Crippen LogP contribution in [0.5, 0.6) is 0 Å². The van der Waals surface area contributed by atoms with Gasteiger partial charge in [0.25, 0.3) is 0 Å². The number of carbonyl (C=O) groups excluding carboxylic acids is 1. The topological polar surface area (TPSA) is 105 Å². The van der Waals surface area contributed by atoms with E-state index < -0.39 is 30.7 Å². The van der Waals surface area contributed by atoms with Crippen LogP contribution in [0, 0.1) is 5.92 Å². The maximum atomic E-state index is 11.3. The first-order chi connectivity index (χ1) is 10.9. The molecule has 1 aliphatic heterocycles. The lowest BCUT2D eigenvalue weighted by Crippen LogP contribution is -2.58. The molecule has 23 heavy (non-hydrogen) atoms. The number of carbonyl (C=O) groups is 1. The molecule has 1 aliphatic carbocycles. The van der Waals surface area contributed by atoms with E-state index >= 15 is 0 Å². The molecule has 7 atom stereocenters. The standard InChI is InChI=1S/C16H28O7/c1-9-13(18)14(19)15(20)16(22-9)23-11-6-4-3-5-10(11)7-8-12(17)21-2/h9-11,13-16,18-20H,3-8H2,1-2H3/t9-,10-,11-,13+,14+,15-,16+/m1/s1. The van der Waals surface area contributed by atoms with Crippen LogP contribution in [0.25, 0.3) is 0 Å². The van der Waals surface area contributed by atoms with Crippen molar-refractivity contribution in [1.82, 2.24) is 0 Å². The van der Waals surface area contributed by atoms with Gasteiger partial charge in [0, 0.05) is 6.42 Å². The number of rotatable bonds is 5. The van der Waals surface area contributed by atoms with Gasteiger partial charge < -0.3 is 29.5 Å². The van der Waals surface area contributed by atoms with Crippen molar-refractivity contribution >= 4 is 5.97 Å². The Kier molecular flexibility index (Phi) is 6.79. The van der Waals surface area contributed by atoms with Gasteiger partial charge in [0.1, 0.15) is 18.3 Å². The molecular weight excluding hydrogens is 304 g/mol. The molecule has 7 heteroatoms. The molecule has 1 saturated carbocycles. The fraction of sp³-hybridized carbons (Fsp3) is 0.938. The van der Waals surface area contributed by atoms with Crippen molar-refractivity contribution < 1.29 is 34.3 Å². The van der Waals surface area contributed by atoms with Gasteiger partial charge >= 0.3 is 5.97 Å². The average Bonchev–Trinajstić information content (AvgIpc) is 2.56. The van der Waals surface area contributed by atoms with Crippen LogP contribution in [-0.2, 0) is 19.0 Å². The summed E-state index contributed by atoms with van der Waals surface area (Å²) in [6.07, 6.45) is -0.549. The first kappa shape index (κ1) is 18.6. The van der Waals surface area contributed by atoms with Crippen molar-refractivity contribution in [2.45, 2.75) is 82.3 Å². The van der Waals surface area contributed by atoms with Crippen LogP contribution in [0.1, 0.15) is 45.4 Å². The third kappa shape index (κ3) is 4.64. The van der Waals surface area contributed by atoms with Gasteiger partial charge in [-0.25, -0.2) is 0 Å². The lowest BCUT2D eigenvalue weighted by Gasteiger charge is -2.42. The number of ether oxygens (including phenoxy) is 3. The first-order valence-electron chi connectivity index (χ1n) is 8.36. The number of aliphatic hydroxyl groups excluding tert-OH is 3. The van der Waals surface area contributed by atoms with Crippen LogP contribution in [0.3, 0.4) is 0 Å². The smallest absolute Gasteiger partial charge is 0.305 e. The molecule has 7 nitrogen and oxygen atoms in total. The van der Waals surface area contributed by atoms with Gasteiger partial charge in [0.15, 0.2) is 6.29 Å². The summed E-state index contributed by atoms with van der Waals surface area (Å²) in [6, 6.07) is 0. The summed E-state index contributed by atoms with van der Waals surface area (Å²) in [4.78, 5) is 11.3. The Bertz CT molecular complexity index is 389. The molecule has 0 aromatic rings. The molecular formula is C16H28O7. The van der Waals surface area contributed by atoms with Crippen molar-refractivity contribution in [1.29, 1.82) is 0 Å². The van der Waals surface area contributed by atoms with Gasteiger partial charge in [-0.1, -0.05) is 12.8 Å². The highest BCUT2D eigenvalue weighted by molar-refractivity contribution is 5.69. The second kappa shape index (κ2) is 8.39. The van der Waals surface area contributed by atoms with Crippen LogP contribution in [0.2, 0.25) is 0 Å². The van der Waals surface area contributed by atoms with E-state index in [1.54, 1.807) is 6.92 Å². The molecule has 0 radical (unpaired) electrons. The predicted molar refractivity (Wildman–Crippen MR) is 80.4 cm³/mol. The van der Waals surface area contributed by atoms with E-state index in [0.29, 0.717) is 12.8 Å². The largest absolute Gasteiger partial charge is 0.469 e. The summed E-state index contributed by atoms with van der Waals surface area (Å²) in [7, 11) is 1.37. The van der Waals surface area contributed by atoms with Gasteiger partial charge in [-0.05, 0) is 32.1 Å². The normalized spacial score (nSPS) is 41.5.